The van der Waals surface area contributed by atoms with Gasteiger partial charge in [0, 0.05) is 6.61 Å². The Morgan fingerprint density at radius 3 is 1.19 bits per heavy atom. The predicted molar refractivity (Wildman–Crippen MR) is 112 cm³/mol. The zero-order valence-electron chi connectivity index (χ0n) is 16.7. The summed E-state index contributed by atoms with van der Waals surface area (Å²) >= 11 is 0. The fraction of sp³-hybridized carbons (Fsp3) is 0.0833. The van der Waals surface area contributed by atoms with Gasteiger partial charge in [-0.2, -0.15) is 0 Å². The third-order valence-electron chi connectivity index (χ3n) is 3.76. The van der Waals surface area contributed by atoms with Crippen molar-refractivity contribution in [2.24, 2.45) is 0 Å². The highest BCUT2D eigenvalue weighted by atomic mass is 16.6. The van der Waals surface area contributed by atoms with E-state index in [4.69, 9.17) is 14.6 Å². The lowest BCUT2D eigenvalue weighted by Crippen LogP contribution is -2.19. The summed E-state index contributed by atoms with van der Waals surface area (Å²) in [7, 11) is 0. The maximum absolute atomic E-state index is 12.4. The minimum Gasteiger partial charge on any atom is -0.397 e. The predicted octanol–water partition coefficient (Wildman–Crippen LogP) is 3.68. The molecule has 7 nitrogen and oxygen atoms in total. The third-order valence-corrected chi connectivity index (χ3v) is 3.76. The Bertz CT molecular complexity index is 959. The number of aliphatic hydroxyl groups is 1. The second-order valence-electron chi connectivity index (χ2n) is 5.95. The van der Waals surface area contributed by atoms with Gasteiger partial charge in [-0.05, 0) is 43.3 Å². The Labute approximate surface area is 178 Å². The number of esters is 4. The highest BCUT2D eigenvalue weighted by Crippen LogP contribution is 2.14. The van der Waals surface area contributed by atoms with Gasteiger partial charge < -0.3 is 14.6 Å². The van der Waals surface area contributed by atoms with Crippen molar-refractivity contribution in [1.82, 2.24) is 0 Å². The molecule has 0 saturated carbocycles. The van der Waals surface area contributed by atoms with Crippen LogP contribution in [0.15, 0.2) is 84.9 Å². The Kier molecular flexibility index (Phi) is 8.82. The molecule has 0 radical (unpaired) electrons. The SMILES string of the molecule is CCO.O=C(OC(=O)c1ccccc1C(=O)OC(=O)c1ccccc1)c1ccccc1. The Hall–Kier alpha value is -4.10. The second-order valence-corrected chi connectivity index (χ2v) is 5.95. The van der Waals surface area contributed by atoms with Crippen molar-refractivity contribution in [2.45, 2.75) is 6.92 Å². The molecule has 0 saturated heterocycles. The molecule has 7 heteroatoms. The molecule has 0 unspecified atom stereocenters. The van der Waals surface area contributed by atoms with Crippen LogP contribution in [0, 0.1) is 0 Å². The van der Waals surface area contributed by atoms with E-state index in [2.05, 4.69) is 0 Å². The lowest BCUT2D eigenvalue weighted by molar-refractivity contribution is 0.0356. The summed E-state index contributed by atoms with van der Waals surface area (Å²) in [5.74, 6) is -3.75. The summed E-state index contributed by atoms with van der Waals surface area (Å²) in [5.41, 5.74) is 0.0145. The third kappa shape index (κ3) is 6.73. The monoisotopic (exact) mass is 420 g/mol. The molecule has 158 valence electrons. The van der Waals surface area contributed by atoms with Gasteiger partial charge >= 0.3 is 23.9 Å². The zero-order chi connectivity index (χ0) is 22.6. The Balaban J connectivity index is 0.00000107. The molecule has 0 atom stereocenters. The van der Waals surface area contributed by atoms with Gasteiger partial charge in [-0.25, -0.2) is 19.2 Å². The van der Waals surface area contributed by atoms with Crippen molar-refractivity contribution in [3.05, 3.63) is 107 Å². The molecule has 3 rings (SSSR count). The molecule has 0 fully saturated rings. The minimum atomic E-state index is -1.02. The standard InChI is InChI=1S/C22H14O6.C2H6O/c23-19(15-9-3-1-4-10-15)27-21(25)17-13-7-8-14-18(17)22(26)28-20(24)16-11-5-2-6-12-16;1-2-3/h1-14H;3H,2H2,1H3. The lowest BCUT2D eigenvalue weighted by atomic mass is 10.1. The van der Waals surface area contributed by atoms with Gasteiger partial charge in [0.15, 0.2) is 0 Å². The van der Waals surface area contributed by atoms with Crippen molar-refractivity contribution in [2.75, 3.05) is 6.61 Å². The van der Waals surface area contributed by atoms with E-state index < -0.39 is 23.9 Å². The molecule has 1 N–H and O–H groups in total. The van der Waals surface area contributed by atoms with E-state index in [1.165, 1.54) is 48.5 Å². The number of carbonyl (C=O) groups excluding carboxylic acids is 4. The molecule has 31 heavy (non-hydrogen) atoms. The van der Waals surface area contributed by atoms with Crippen molar-refractivity contribution in [3.8, 4) is 0 Å². The van der Waals surface area contributed by atoms with Crippen LogP contribution in [0.2, 0.25) is 0 Å². The first-order valence-electron chi connectivity index (χ1n) is 9.31. The van der Waals surface area contributed by atoms with E-state index >= 15 is 0 Å². The van der Waals surface area contributed by atoms with Gasteiger partial charge in [0.2, 0.25) is 0 Å². The second kappa shape index (κ2) is 11.8. The highest BCUT2D eigenvalue weighted by Gasteiger charge is 2.23. The average molecular weight is 420 g/mol. The number of benzene rings is 3. The molecule has 0 aromatic heterocycles. The number of ether oxygens (including phenoxy) is 2. The molecule has 0 amide bonds. The van der Waals surface area contributed by atoms with Crippen LogP contribution in [-0.2, 0) is 9.47 Å². The molecule has 0 aliphatic rings. The van der Waals surface area contributed by atoms with E-state index in [0.29, 0.717) is 0 Å². The minimum absolute atomic E-state index is 0.183. The van der Waals surface area contributed by atoms with Crippen LogP contribution >= 0.6 is 0 Å². The molecule has 0 aliphatic carbocycles. The fourth-order valence-electron chi connectivity index (χ4n) is 2.38. The van der Waals surface area contributed by atoms with Crippen molar-refractivity contribution in [1.29, 1.82) is 0 Å². The number of carbonyl (C=O) groups is 4. The van der Waals surface area contributed by atoms with Gasteiger partial charge in [-0.15, -0.1) is 0 Å². The summed E-state index contributed by atoms with van der Waals surface area (Å²) in [4.78, 5) is 48.9. The first-order valence-corrected chi connectivity index (χ1v) is 9.31. The van der Waals surface area contributed by atoms with Crippen molar-refractivity contribution >= 4 is 23.9 Å². The van der Waals surface area contributed by atoms with E-state index in [1.807, 2.05) is 0 Å². The molecule has 0 heterocycles. The lowest BCUT2D eigenvalue weighted by Gasteiger charge is -2.08. The van der Waals surface area contributed by atoms with Crippen molar-refractivity contribution in [3.63, 3.8) is 0 Å². The molecule has 0 spiro atoms. The summed E-state index contributed by atoms with van der Waals surface area (Å²) in [5, 5.41) is 7.57. The molecular weight excluding hydrogens is 400 g/mol. The van der Waals surface area contributed by atoms with E-state index in [0.717, 1.165) is 0 Å². The van der Waals surface area contributed by atoms with Crippen LogP contribution in [0.3, 0.4) is 0 Å². The topological polar surface area (TPSA) is 107 Å². The van der Waals surface area contributed by atoms with Crippen LogP contribution in [0.4, 0.5) is 0 Å². The van der Waals surface area contributed by atoms with E-state index in [9.17, 15) is 19.2 Å². The molecule has 0 aliphatic heterocycles. The quantitative estimate of drug-likeness (QED) is 0.507. The molecule has 3 aromatic carbocycles. The number of hydrogen-bond donors (Lipinski definition) is 1. The van der Waals surface area contributed by atoms with Crippen molar-refractivity contribution < 1.29 is 33.8 Å². The van der Waals surface area contributed by atoms with Gasteiger partial charge in [-0.3, -0.25) is 0 Å². The zero-order valence-corrected chi connectivity index (χ0v) is 16.7. The highest BCUT2D eigenvalue weighted by molar-refractivity contribution is 6.10. The first kappa shape index (κ1) is 23.2. The number of rotatable bonds is 4. The normalized spacial score (nSPS) is 9.61. The number of hydrogen-bond acceptors (Lipinski definition) is 7. The summed E-state index contributed by atoms with van der Waals surface area (Å²) < 4.78 is 9.66. The van der Waals surface area contributed by atoms with Crippen LogP contribution in [0.25, 0.3) is 0 Å². The fourth-order valence-corrected chi connectivity index (χ4v) is 2.38. The number of aliphatic hydroxyl groups excluding tert-OH is 1. The Morgan fingerprint density at radius 2 is 0.871 bits per heavy atom. The first-order chi connectivity index (χ1) is 15.0. The van der Waals surface area contributed by atoms with Gasteiger partial charge in [0.1, 0.15) is 0 Å². The summed E-state index contributed by atoms with van der Waals surface area (Å²) in [6.07, 6.45) is 0. The van der Waals surface area contributed by atoms with E-state index in [-0.39, 0.29) is 28.9 Å². The smallest absolute Gasteiger partial charge is 0.346 e. The summed E-state index contributed by atoms with van der Waals surface area (Å²) in [6.45, 7) is 1.93. The van der Waals surface area contributed by atoms with Gasteiger partial charge in [0.25, 0.3) is 0 Å². The average Bonchev–Trinajstić information content (AvgIpc) is 2.80. The maximum Gasteiger partial charge on any atom is 0.346 e. The molecule has 3 aromatic rings. The van der Waals surface area contributed by atoms with Gasteiger partial charge in [-0.1, -0.05) is 48.5 Å². The molecular formula is C24H20O7. The summed E-state index contributed by atoms with van der Waals surface area (Å²) in [6, 6.07) is 21.5. The molecule has 0 bridgehead atoms. The van der Waals surface area contributed by atoms with Crippen LogP contribution in [0.5, 0.6) is 0 Å². The van der Waals surface area contributed by atoms with E-state index in [1.54, 1.807) is 43.3 Å². The van der Waals surface area contributed by atoms with Gasteiger partial charge in [0.05, 0.1) is 22.3 Å². The largest absolute Gasteiger partial charge is 0.397 e. The van der Waals surface area contributed by atoms with Crippen LogP contribution in [0.1, 0.15) is 48.4 Å². The van der Waals surface area contributed by atoms with Crippen LogP contribution in [-0.4, -0.2) is 35.6 Å². The van der Waals surface area contributed by atoms with Crippen LogP contribution < -0.4 is 0 Å². The Morgan fingerprint density at radius 1 is 0.581 bits per heavy atom. The maximum atomic E-state index is 12.4.